The zero-order chi connectivity index (χ0) is 23.4. The molecule has 0 aliphatic carbocycles. The van der Waals surface area contributed by atoms with Crippen LogP contribution in [-0.4, -0.2) is 27.8 Å². The lowest BCUT2D eigenvalue weighted by atomic mass is 10.1. The minimum atomic E-state index is -0.571. The van der Waals surface area contributed by atoms with E-state index in [4.69, 9.17) is 4.74 Å². The van der Waals surface area contributed by atoms with Gasteiger partial charge in [0.05, 0.1) is 16.1 Å². The third kappa shape index (κ3) is 5.98. The van der Waals surface area contributed by atoms with Crippen molar-refractivity contribution in [2.45, 2.75) is 32.9 Å². The van der Waals surface area contributed by atoms with E-state index in [1.807, 2.05) is 81.4 Å². The molecule has 33 heavy (non-hydrogen) atoms. The summed E-state index contributed by atoms with van der Waals surface area (Å²) in [5, 5.41) is 7.05. The molecule has 1 aromatic heterocycles. The van der Waals surface area contributed by atoms with Crippen molar-refractivity contribution in [3.05, 3.63) is 76.8 Å². The second-order valence-corrected chi connectivity index (χ2v) is 9.45. The monoisotopic (exact) mass is 460 g/mol. The number of amidine groups is 1. The zero-order valence-corrected chi connectivity index (χ0v) is 19.4. The maximum atomic E-state index is 12.5. The number of carbonyl (C=O) groups excluding carboxylic acids is 2. The summed E-state index contributed by atoms with van der Waals surface area (Å²) in [6.07, 6.45) is 3.10. The number of hydrogen-bond acceptors (Lipinski definition) is 6. The summed E-state index contributed by atoms with van der Waals surface area (Å²) < 4.78 is 5.29. The first-order chi connectivity index (χ1) is 15.8. The number of pyridine rings is 1. The van der Waals surface area contributed by atoms with Gasteiger partial charge in [0.2, 0.25) is 0 Å². The molecule has 1 saturated heterocycles. The van der Waals surface area contributed by atoms with E-state index in [1.54, 1.807) is 6.20 Å². The molecule has 2 N–H and O–H groups in total. The molecule has 0 saturated carbocycles. The number of aliphatic imine (C=N–C) groups is 1. The fourth-order valence-electron chi connectivity index (χ4n) is 3.18. The fraction of sp³-hybridized carbons (Fsp3) is 0.200. The van der Waals surface area contributed by atoms with Gasteiger partial charge in [-0.3, -0.25) is 9.78 Å². The third-order valence-electron chi connectivity index (χ3n) is 4.61. The van der Waals surface area contributed by atoms with Crippen LogP contribution in [0.25, 0.3) is 17.0 Å². The molecule has 0 atom stereocenters. The van der Waals surface area contributed by atoms with Crippen LogP contribution in [0.15, 0.2) is 70.7 Å². The number of rotatable bonds is 4. The Kier molecular flexibility index (Phi) is 6.46. The van der Waals surface area contributed by atoms with Crippen LogP contribution in [0.3, 0.4) is 0 Å². The normalized spacial score (nSPS) is 16.3. The predicted octanol–water partition coefficient (Wildman–Crippen LogP) is 5.15. The molecular formula is C25H24N4O3S. The van der Waals surface area contributed by atoms with Crippen LogP contribution in [0.4, 0.5) is 10.5 Å². The zero-order valence-electron chi connectivity index (χ0n) is 18.6. The molecule has 0 unspecified atom stereocenters. The maximum absolute atomic E-state index is 12.5. The molecule has 2 heterocycles. The van der Waals surface area contributed by atoms with Gasteiger partial charge in [-0.1, -0.05) is 30.3 Å². The SMILES string of the molecule is CC(C)(C)OC(=O)NCc1ccccc1N=C1NC(=O)/C(=C\c2ccc3ncccc3c2)S1. The highest BCUT2D eigenvalue weighted by Gasteiger charge is 2.24. The van der Waals surface area contributed by atoms with Gasteiger partial charge in [0, 0.05) is 18.1 Å². The standard InChI is InChI=1S/C25H24N4O3S/c1-25(2,3)32-24(31)27-15-18-7-4-5-9-20(18)28-23-29-22(30)21(33-23)14-16-10-11-19-17(13-16)8-6-12-26-19/h4-14H,15H2,1-3H3,(H,27,31)(H,28,29,30)/b21-14+. The van der Waals surface area contributed by atoms with E-state index in [-0.39, 0.29) is 12.5 Å². The average molecular weight is 461 g/mol. The van der Waals surface area contributed by atoms with Crippen LogP contribution < -0.4 is 10.6 Å². The molecule has 1 fully saturated rings. The number of hydrogen-bond donors (Lipinski definition) is 2. The Morgan fingerprint density at radius 2 is 2.00 bits per heavy atom. The van der Waals surface area contributed by atoms with Gasteiger partial charge < -0.3 is 15.4 Å². The summed E-state index contributed by atoms with van der Waals surface area (Å²) >= 11 is 1.28. The summed E-state index contributed by atoms with van der Waals surface area (Å²) in [5.41, 5.74) is 2.72. The molecular weight excluding hydrogens is 436 g/mol. The van der Waals surface area contributed by atoms with E-state index < -0.39 is 11.7 Å². The van der Waals surface area contributed by atoms with E-state index >= 15 is 0 Å². The number of amides is 2. The van der Waals surface area contributed by atoms with E-state index in [9.17, 15) is 9.59 Å². The number of nitrogens with one attached hydrogen (secondary N) is 2. The van der Waals surface area contributed by atoms with Gasteiger partial charge in [-0.2, -0.15) is 0 Å². The molecule has 168 valence electrons. The molecule has 4 rings (SSSR count). The van der Waals surface area contributed by atoms with Gasteiger partial charge in [-0.05, 0) is 74.0 Å². The topological polar surface area (TPSA) is 92.7 Å². The Labute approximate surface area is 196 Å². The number of nitrogens with zero attached hydrogens (tertiary/aromatic N) is 2. The fourth-order valence-corrected chi connectivity index (χ4v) is 4.01. The Morgan fingerprint density at radius 1 is 1.18 bits per heavy atom. The van der Waals surface area contributed by atoms with E-state index in [0.717, 1.165) is 22.0 Å². The maximum Gasteiger partial charge on any atom is 0.407 e. The van der Waals surface area contributed by atoms with Gasteiger partial charge >= 0.3 is 6.09 Å². The lowest BCUT2D eigenvalue weighted by molar-refractivity contribution is -0.115. The number of aromatic nitrogens is 1. The van der Waals surface area contributed by atoms with Gasteiger partial charge in [0.25, 0.3) is 5.91 Å². The van der Waals surface area contributed by atoms with E-state index in [2.05, 4.69) is 20.6 Å². The van der Waals surface area contributed by atoms with Crippen molar-refractivity contribution in [1.82, 2.24) is 15.6 Å². The number of thioether (sulfide) groups is 1. The van der Waals surface area contributed by atoms with Crippen LogP contribution in [0.1, 0.15) is 31.9 Å². The van der Waals surface area contributed by atoms with Crippen molar-refractivity contribution in [3.63, 3.8) is 0 Å². The Morgan fingerprint density at radius 3 is 2.82 bits per heavy atom. The molecule has 2 aromatic carbocycles. The van der Waals surface area contributed by atoms with Crippen LogP contribution in [0.2, 0.25) is 0 Å². The molecule has 3 aromatic rings. The molecule has 0 bridgehead atoms. The lowest BCUT2D eigenvalue weighted by Crippen LogP contribution is -2.32. The molecule has 2 amide bonds. The second-order valence-electron chi connectivity index (χ2n) is 8.42. The van der Waals surface area contributed by atoms with Crippen LogP contribution >= 0.6 is 11.8 Å². The van der Waals surface area contributed by atoms with Crippen molar-refractivity contribution in [3.8, 4) is 0 Å². The van der Waals surface area contributed by atoms with Crippen molar-refractivity contribution >= 4 is 51.6 Å². The Hall–Kier alpha value is -3.65. The quantitative estimate of drug-likeness (QED) is 0.525. The first kappa shape index (κ1) is 22.5. The highest BCUT2D eigenvalue weighted by atomic mass is 32.2. The number of benzene rings is 2. The highest BCUT2D eigenvalue weighted by Crippen LogP contribution is 2.29. The molecule has 0 radical (unpaired) electrons. The molecule has 7 nitrogen and oxygen atoms in total. The predicted molar refractivity (Wildman–Crippen MR) is 132 cm³/mol. The summed E-state index contributed by atoms with van der Waals surface area (Å²) in [6.45, 7) is 5.69. The van der Waals surface area contributed by atoms with Crippen LogP contribution in [-0.2, 0) is 16.1 Å². The molecule has 8 heteroatoms. The average Bonchev–Trinajstić information content (AvgIpc) is 3.10. The molecule has 1 aliphatic rings. The van der Waals surface area contributed by atoms with Crippen molar-refractivity contribution in [2.24, 2.45) is 4.99 Å². The summed E-state index contributed by atoms with van der Waals surface area (Å²) in [6, 6.07) is 17.2. The molecule has 1 aliphatic heterocycles. The van der Waals surface area contributed by atoms with Crippen molar-refractivity contribution in [2.75, 3.05) is 0 Å². The first-order valence-electron chi connectivity index (χ1n) is 10.5. The number of para-hydroxylation sites is 1. The van der Waals surface area contributed by atoms with Crippen LogP contribution in [0, 0.1) is 0 Å². The number of fused-ring (bicyclic) bond motifs is 1. The highest BCUT2D eigenvalue weighted by molar-refractivity contribution is 8.18. The van der Waals surface area contributed by atoms with Gasteiger partial charge in [0.15, 0.2) is 5.17 Å². The van der Waals surface area contributed by atoms with E-state index in [0.29, 0.717) is 15.8 Å². The van der Waals surface area contributed by atoms with Crippen molar-refractivity contribution in [1.29, 1.82) is 0 Å². The number of ether oxygens (including phenoxy) is 1. The largest absolute Gasteiger partial charge is 0.444 e. The smallest absolute Gasteiger partial charge is 0.407 e. The van der Waals surface area contributed by atoms with Crippen molar-refractivity contribution < 1.29 is 14.3 Å². The minimum absolute atomic E-state index is 0.200. The number of alkyl carbamates (subject to hydrolysis) is 1. The third-order valence-corrected chi connectivity index (χ3v) is 5.52. The minimum Gasteiger partial charge on any atom is -0.444 e. The Bertz CT molecular complexity index is 1280. The number of carbonyl (C=O) groups is 2. The van der Waals surface area contributed by atoms with Crippen LogP contribution in [0.5, 0.6) is 0 Å². The summed E-state index contributed by atoms with van der Waals surface area (Å²) in [4.78, 5) is 34.0. The Balaban J connectivity index is 1.49. The lowest BCUT2D eigenvalue weighted by Gasteiger charge is -2.19. The van der Waals surface area contributed by atoms with Gasteiger partial charge in [0.1, 0.15) is 5.60 Å². The first-order valence-corrected chi connectivity index (χ1v) is 11.3. The molecule has 0 spiro atoms. The second kappa shape index (κ2) is 9.46. The van der Waals surface area contributed by atoms with E-state index in [1.165, 1.54) is 11.8 Å². The van der Waals surface area contributed by atoms with Gasteiger partial charge in [-0.25, -0.2) is 9.79 Å². The summed E-state index contributed by atoms with van der Waals surface area (Å²) in [5.74, 6) is -0.200. The summed E-state index contributed by atoms with van der Waals surface area (Å²) in [7, 11) is 0. The van der Waals surface area contributed by atoms with Gasteiger partial charge in [-0.15, -0.1) is 0 Å².